The number of hydrazine groups is 1. The van der Waals surface area contributed by atoms with Gasteiger partial charge >= 0.3 is 5.91 Å². The molecular formula is C27H29N4O2+. The fourth-order valence-electron chi connectivity index (χ4n) is 3.97. The van der Waals surface area contributed by atoms with Crippen LogP contribution >= 0.6 is 0 Å². The number of hydrogen-bond acceptors (Lipinski definition) is 3. The largest absolute Gasteiger partial charge is 0.378 e. The van der Waals surface area contributed by atoms with Crippen molar-refractivity contribution in [2.75, 3.05) is 19.0 Å². The lowest BCUT2D eigenvalue weighted by molar-refractivity contribution is -0.596. The lowest BCUT2D eigenvalue weighted by Crippen LogP contribution is -2.42. The summed E-state index contributed by atoms with van der Waals surface area (Å²) >= 11 is 0. The van der Waals surface area contributed by atoms with Gasteiger partial charge in [-0.1, -0.05) is 47.5 Å². The summed E-state index contributed by atoms with van der Waals surface area (Å²) in [5, 5.41) is 2.96. The minimum atomic E-state index is -0.738. The molecule has 2 N–H and O–H groups in total. The third-order valence-corrected chi connectivity index (χ3v) is 5.82. The molecule has 0 aromatic heterocycles. The van der Waals surface area contributed by atoms with Crippen LogP contribution in [0.15, 0.2) is 72.8 Å². The van der Waals surface area contributed by atoms with Crippen molar-refractivity contribution in [3.63, 3.8) is 0 Å². The van der Waals surface area contributed by atoms with Gasteiger partial charge in [-0.15, -0.1) is 10.1 Å². The van der Waals surface area contributed by atoms with Crippen LogP contribution in [0.4, 0.5) is 5.69 Å². The van der Waals surface area contributed by atoms with Crippen LogP contribution in [0, 0.1) is 13.8 Å². The van der Waals surface area contributed by atoms with E-state index in [4.69, 9.17) is 0 Å². The Morgan fingerprint density at radius 1 is 0.970 bits per heavy atom. The quantitative estimate of drug-likeness (QED) is 0.597. The second kappa shape index (κ2) is 9.28. The third-order valence-electron chi connectivity index (χ3n) is 5.82. The van der Waals surface area contributed by atoms with E-state index in [1.165, 1.54) is 0 Å². The number of carbonyl (C=O) groups excluding carboxylic acids is 2. The Balaban J connectivity index is 1.69. The summed E-state index contributed by atoms with van der Waals surface area (Å²) in [6.07, 6.45) is 1.90. The molecule has 0 aliphatic carbocycles. The molecule has 0 radical (unpaired) electrons. The first-order valence-electron chi connectivity index (χ1n) is 11.0. The van der Waals surface area contributed by atoms with Crippen molar-refractivity contribution in [3.05, 3.63) is 101 Å². The van der Waals surface area contributed by atoms with E-state index >= 15 is 0 Å². The number of carbonyl (C=O) groups is 2. The third kappa shape index (κ3) is 4.95. The number of hydrazone groups is 1. The first-order chi connectivity index (χ1) is 15.8. The fraction of sp³-hybridized carbons (Fsp3) is 0.222. The Kier molecular flexibility index (Phi) is 6.27. The van der Waals surface area contributed by atoms with Crippen molar-refractivity contribution in [3.8, 4) is 0 Å². The highest BCUT2D eigenvalue weighted by atomic mass is 16.2. The van der Waals surface area contributed by atoms with Crippen LogP contribution < -0.4 is 15.6 Å². The summed E-state index contributed by atoms with van der Waals surface area (Å²) in [6, 6.07) is 22.3. The number of benzene rings is 3. The highest BCUT2D eigenvalue weighted by Gasteiger charge is 2.47. The van der Waals surface area contributed by atoms with Crippen LogP contribution in [0.25, 0.3) is 0 Å². The summed E-state index contributed by atoms with van der Waals surface area (Å²) in [6.45, 7) is 3.96. The monoisotopic (exact) mass is 441 g/mol. The molecule has 3 aromatic rings. The Morgan fingerprint density at radius 2 is 1.67 bits per heavy atom. The molecule has 4 rings (SSSR count). The zero-order chi connectivity index (χ0) is 23.5. The van der Waals surface area contributed by atoms with E-state index in [0.29, 0.717) is 5.56 Å². The van der Waals surface area contributed by atoms with E-state index in [2.05, 4.69) is 10.7 Å². The molecule has 3 aromatic carbocycles. The Hall–Kier alpha value is -3.93. The normalized spacial score (nSPS) is 18.8. The molecule has 0 spiro atoms. The van der Waals surface area contributed by atoms with Crippen LogP contribution in [-0.2, 0) is 4.79 Å². The lowest BCUT2D eigenvalue weighted by Gasteiger charge is -2.15. The topological polar surface area (TPSA) is 64.5 Å². The maximum Gasteiger partial charge on any atom is 0.304 e. The summed E-state index contributed by atoms with van der Waals surface area (Å²) in [4.78, 5) is 28.0. The molecule has 1 heterocycles. The standard InChI is InChI=1S/C27H28N4O2/c1-18-8-12-21(13-9-18)25-24(28-26(32)22-7-5-6-19(2)16-22)27(33)29-31(25)17-20-10-14-23(15-11-20)30(3)4/h5-17,24-25H,1-4H3,(H-,28,29,32,33)/p+1/t24-,25+/m1/s1. The average molecular weight is 442 g/mol. The summed E-state index contributed by atoms with van der Waals surface area (Å²) < 4.78 is 1.79. The zero-order valence-electron chi connectivity index (χ0n) is 19.4. The van der Waals surface area contributed by atoms with Gasteiger partial charge in [0.1, 0.15) is 0 Å². The van der Waals surface area contributed by atoms with Crippen molar-refractivity contribution in [1.82, 2.24) is 10.7 Å². The lowest BCUT2D eigenvalue weighted by atomic mass is 9.98. The van der Waals surface area contributed by atoms with E-state index in [1.807, 2.05) is 106 Å². The number of nitrogens with zero attached hydrogens (tertiary/aromatic N) is 2. The molecule has 1 saturated heterocycles. The van der Waals surface area contributed by atoms with Gasteiger partial charge in [-0.05, 0) is 50.2 Å². The van der Waals surface area contributed by atoms with E-state index in [9.17, 15) is 9.59 Å². The molecule has 33 heavy (non-hydrogen) atoms. The average Bonchev–Trinajstić information content (AvgIpc) is 3.09. The molecule has 6 nitrogen and oxygen atoms in total. The Bertz CT molecular complexity index is 1200. The fourth-order valence-corrected chi connectivity index (χ4v) is 3.97. The van der Waals surface area contributed by atoms with Gasteiger partial charge in [-0.3, -0.25) is 9.59 Å². The van der Waals surface area contributed by atoms with E-state index in [-0.39, 0.29) is 17.9 Å². The number of hydrogen-bond donors (Lipinski definition) is 2. The van der Waals surface area contributed by atoms with Gasteiger partial charge in [0.05, 0.1) is 0 Å². The summed E-state index contributed by atoms with van der Waals surface area (Å²) in [5.41, 5.74) is 8.57. The molecule has 168 valence electrons. The van der Waals surface area contributed by atoms with E-state index in [1.54, 1.807) is 10.8 Å². The second-order valence-corrected chi connectivity index (χ2v) is 8.67. The van der Waals surface area contributed by atoms with Crippen LogP contribution in [0.5, 0.6) is 0 Å². The van der Waals surface area contributed by atoms with Crippen molar-refractivity contribution < 1.29 is 14.3 Å². The van der Waals surface area contributed by atoms with E-state index in [0.717, 1.165) is 27.9 Å². The first-order valence-corrected chi connectivity index (χ1v) is 11.0. The molecule has 0 bridgehead atoms. The number of amides is 2. The highest BCUT2D eigenvalue weighted by molar-refractivity contribution is 5.98. The Labute approximate surface area is 194 Å². The van der Waals surface area contributed by atoms with Gasteiger partial charge in [-0.2, -0.15) is 0 Å². The van der Waals surface area contributed by atoms with Gasteiger partial charge in [0.2, 0.25) is 12.3 Å². The minimum Gasteiger partial charge on any atom is -0.378 e. The molecule has 2 amide bonds. The molecule has 2 atom stereocenters. The molecule has 1 fully saturated rings. The maximum absolute atomic E-state index is 13.0. The second-order valence-electron chi connectivity index (χ2n) is 8.67. The van der Waals surface area contributed by atoms with Gasteiger partial charge in [0.25, 0.3) is 5.91 Å². The molecule has 0 saturated carbocycles. The van der Waals surface area contributed by atoms with Crippen molar-refractivity contribution >= 4 is 23.7 Å². The SMILES string of the molecule is Cc1ccc([C@H]2[C@@H](NC(=O)c3cccc(C)c3)C(=O)N/[N+]2=C\c2ccc(N(C)C)cc2)cc1. The van der Waals surface area contributed by atoms with Crippen LogP contribution in [0.1, 0.15) is 38.7 Å². The predicted molar refractivity (Wildman–Crippen MR) is 131 cm³/mol. The van der Waals surface area contributed by atoms with Gasteiger partial charge in [0, 0.05) is 36.5 Å². The molecular weight excluding hydrogens is 412 g/mol. The molecule has 0 unspecified atom stereocenters. The molecule has 1 aliphatic rings. The van der Waals surface area contributed by atoms with Gasteiger partial charge in [0.15, 0.2) is 6.04 Å². The molecule has 6 heteroatoms. The zero-order valence-corrected chi connectivity index (χ0v) is 19.4. The van der Waals surface area contributed by atoms with Crippen molar-refractivity contribution in [1.29, 1.82) is 0 Å². The van der Waals surface area contributed by atoms with Crippen molar-refractivity contribution in [2.45, 2.75) is 25.9 Å². The summed E-state index contributed by atoms with van der Waals surface area (Å²) in [5.74, 6) is -0.518. The van der Waals surface area contributed by atoms with Crippen LogP contribution in [0.2, 0.25) is 0 Å². The van der Waals surface area contributed by atoms with Gasteiger partial charge in [-0.25, -0.2) is 0 Å². The maximum atomic E-state index is 13.0. The van der Waals surface area contributed by atoms with Crippen molar-refractivity contribution in [2.24, 2.45) is 0 Å². The van der Waals surface area contributed by atoms with Crippen LogP contribution in [-0.4, -0.2) is 42.9 Å². The number of rotatable bonds is 5. The van der Waals surface area contributed by atoms with Gasteiger partial charge < -0.3 is 10.2 Å². The number of nitrogens with one attached hydrogen (secondary N) is 2. The highest BCUT2D eigenvalue weighted by Crippen LogP contribution is 2.26. The number of anilines is 1. The van der Waals surface area contributed by atoms with Crippen LogP contribution in [0.3, 0.4) is 0 Å². The Morgan fingerprint density at radius 3 is 2.30 bits per heavy atom. The van der Waals surface area contributed by atoms with E-state index < -0.39 is 6.04 Å². The minimum absolute atomic E-state index is 0.247. The predicted octanol–water partition coefficient (Wildman–Crippen LogP) is 3.39. The molecule has 1 aliphatic heterocycles. The summed E-state index contributed by atoms with van der Waals surface area (Å²) in [7, 11) is 3.99. The number of aryl methyl sites for hydroxylation is 2. The first kappa shape index (κ1) is 22.3. The smallest absolute Gasteiger partial charge is 0.304 e.